The lowest BCUT2D eigenvalue weighted by Gasteiger charge is -2.16. The minimum absolute atomic E-state index is 0.127. The molecule has 0 aliphatic carbocycles. The van der Waals surface area contributed by atoms with Gasteiger partial charge < -0.3 is 26.2 Å². The van der Waals surface area contributed by atoms with Gasteiger partial charge in [-0.3, -0.25) is 5.43 Å². The second kappa shape index (κ2) is 8.44. The molecule has 0 atom stereocenters. The molecule has 0 aromatic heterocycles. The van der Waals surface area contributed by atoms with Crippen LogP contribution in [-0.4, -0.2) is 12.2 Å². The largest absolute Gasteiger partial charge is 0.507 e. The number of nitrogens with two attached hydrogens (primary N) is 2. The average molecular weight is 419 g/mol. The SMILES string of the molecule is COSc1cc(O)c2c(NNc3ccc(-c4ccc(N)cc4)cc3)c(N)ccc2c1. The molecule has 0 fully saturated rings. The molecular weight excluding hydrogens is 396 g/mol. The van der Waals surface area contributed by atoms with Gasteiger partial charge in [0.15, 0.2) is 0 Å². The molecule has 0 spiro atoms. The molecule has 7 heteroatoms. The summed E-state index contributed by atoms with van der Waals surface area (Å²) in [7, 11) is 1.59. The standard InChI is InChI=1S/C23H22N4O2S/c1-29-30-19-12-16-6-11-20(25)23(22(16)21(28)13-19)27-26-18-9-4-15(5-10-18)14-2-7-17(24)8-3-14/h2-13,26-28H,24-25H2,1H3. The van der Waals surface area contributed by atoms with Crippen LogP contribution in [0.3, 0.4) is 0 Å². The summed E-state index contributed by atoms with van der Waals surface area (Å²) in [6.07, 6.45) is 0. The van der Waals surface area contributed by atoms with Crippen LogP contribution in [0.1, 0.15) is 0 Å². The number of phenols is 1. The minimum Gasteiger partial charge on any atom is -0.507 e. The molecule has 30 heavy (non-hydrogen) atoms. The quantitative estimate of drug-likeness (QED) is 0.161. The maximum Gasteiger partial charge on any atom is 0.126 e. The van der Waals surface area contributed by atoms with E-state index in [2.05, 4.69) is 10.9 Å². The maximum atomic E-state index is 10.6. The van der Waals surface area contributed by atoms with E-state index in [0.717, 1.165) is 32.8 Å². The van der Waals surface area contributed by atoms with Crippen LogP contribution in [0.4, 0.5) is 22.7 Å². The Balaban J connectivity index is 1.57. The van der Waals surface area contributed by atoms with Crippen LogP contribution >= 0.6 is 12.0 Å². The molecule has 4 aromatic rings. The monoisotopic (exact) mass is 418 g/mol. The van der Waals surface area contributed by atoms with Crippen LogP contribution < -0.4 is 22.3 Å². The van der Waals surface area contributed by atoms with Gasteiger partial charge in [-0.25, -0.2) is 0 Å². The van der Waals surface area contributed by atoms with Crippen molar-refractivity contribution in [2.24, 2.45) is 0 Å². The molecule has 0 bridgehead atoms. The lowest BCUT2D eigenvalue weighted by molar-refractivity contribution is 0.477. The lowest BCUT2D eigenvalue weighted by Crippen LogP contribution is -2.10. The van der Waals surface area contributed by atoms with E-state index in [9.17, 15) is 5.11 Å². The van der Waals surface area contributed by atoms with Gasteiger partial charge >= 0.3 is 0 Å². The molecule has 0 aliphatic heterocycles. The van der Waals surface area contributed by atoms with E-state index in [1.54, 1.807) is 19.2 Å². The predicted octanol–water partition coefficient (Wildman–Crippen LogP) is 5.47. The van der Waals surface area contributed by atoms with Crippen LogP contribution in [-0.2, 0) is 4.18 Å². The van der Waals surface area contributed by atoms with Crippen molar-refractivity contribution in [3.05, 3.63) is 72.8 Å². The van der Waals surface area contributed by atoms with Crippen molar-refractivity contribution >= 4 is 45.6 Å². The van der Waals surface area contributed by atoms with Crippen molar-refractivity contribution in [2.45, 2.75) is 4.90 Å². The Morgan fingerprint density at radius 1 is 0.833 bits per heavy atom. The first-order chi connectivity index (χ1) is 14.5. The number of anilines is 4. The van der Waals surface area contributed by atoms with Gasteiger partial charge in [-0.15, -0.1) is 0 Å². The van der Waals surface area contributed by atoms with E-state index in [4.69, 9.17) is 15.7 Å². The Morgan fingerprint density at radius 2 is 1.50 bits per heavy atom. The highest BCUT2D eigenvalue weighted by Gasteiger charge is 2.12. The summed E-state index contributed by atoms with van der Waals surface area (Å²) in [5, 5.41) is 12.1. The Labute approximate surface area is 179 Å². The number of fused-ring (bicyclic) bond motifs is 1. The van der Waals surface area contributed by atoms with Crippen molar-refractivity contribution < 1.29 is 9.29 Å². The van der Waals surface area contributed by atoms with Crippen molar-refractivity contribution in [1.82, 2.24) is 0 Å². The Morgan fingerprint density at radius 3 is 2.17 bits per heavy atom. The highest BCUT2D eigenvalue weighted by Crippen LogP contribution is 2.39. The van der Waals surface area contributed by atoms with Gasteiger partial charge in [0.1, 0.15) is 5.75 Å². The van der Waals surface area contributed by atoms with Gasteiger partial charge in [-0.2, -0.15) is 0 Å². The topological polar surface area (TPSA) is 106 Å². The van der Waals surface area contributed by atoms with Crippen LogP contribution in [0.25, 0.3) is 21.9 Å². The number of nitrogen functional groups attached to an aromatic ring is 2. The number of hydrogen-bond acceptors (Lipinski definition) is 7. The summed E-state index contributed by atoms with van der Waals surface area (Å²) in [6, 6.07) is 23.0. The van der Waals surface area contributed by atoms with Gasteiger partial charge in [-0.05, 0) is 59.0 Å². The summed E-state index contributed by atoms with van der Waals surface area (Å²) >= 11 is 1.19. The number of nitrogens with one attached hydrogen (secondary N) is 2. The molecule has 0 aliphatic rings. The molecular formula is C23H22N4O2S. The third kappa shape index (κ3) is 4.07. The van der Waals surface area contributed by atoms with Crippen LogP contribution in [0, 0.1) is 0 Å². The Hall–Kier alpha value is -3.55. The van der Waals surface area contributed by atoms with Crippen molar-refractivity contribution in [1.29, 1.82) is 0 Å². The Bertz CT molecular complexity index is 1180. The van der Waals surface area contributed by atoms with Gasteiger partial charge in [0, 0.05) is 22.6 Å². The number of hydrogen-bond donors (Lipinski definition) is 5. The van der Waals surface area contributed by atoms with Gasteiger partial charge in [0.2, 0.25) is 0 Å². The zero-order valence-corrected chi connectivity index (χ0v) is 17.2. The molecule has 4 aromatic carbocycles. The molecule has 4 rings (SSSR count). The lowest BCUT2D eigenvalue weighted by atomic mass is 10.1. The van der Waals surface area contributed by atoms with Gasteiger partial charge in [-0.1, -0.05) is 30.3 Å². The predicted molar refractivity (Wildman–Crippen MR) is 126 cm³/mol. The second-order valence-electron chi connectivity index (χ2n) is 6.77. The zero-order valence-electron chi connectivity index (χ0n) is 16.3. The maximum absolute atomic E-state index is 10.6. The van der Waals surface area contributed by atoms with Crippen molar-refractivity contribution in [3.8, 4) is 16.9 Å². The summed E-state index contributed by atoms with van der Waals surface area (Å²) in [4.78, 5) is 0.810. The fourth-order valence-electron chi connectivity index (χ4n) is 3.27. The normalized spacial score (nSPS) is 10.8. The number of hydrazine groups is 1. The minimum atomic E-state index is 0.127. The highest BCUT2D eigenvalue weighted by molar-refractivity contribution is 7.94. The van der Waals surface area contributed by atoms with E-state index in [1.165, 1.54) is 12.0 Å². The molecule has 6 nitrogen and oxygen atoms in total. The van der Waals surface area contributed by atoms with Crippen LogP contribution in [0.5, 0.6) is 5.75 Å². The fraction of sp³-hybridized carbons (Fsp3) is 0.0435. The highest BCUT2D eigenvalue weighted by atomic mass is 32.2. The first kappa shape index (κ1) is 19.8. The van der Waals surface area contributed by atoms with Crippen LogP contribution in [0.15, 0.2) is 77.7 Å². The van der Waals surface area contributed by atoms with Crippen molar-refractivity contribution in [3.63, 3.8) is 0 Å². The molecule has 7 N–H and O–H groups in total. The van der Waals surface area contributed by atoms with Crippen LogP contribution in [0.2, 0.25) is 0 Å². The average Bonchev–Trinajstić information content (AvgIpc) is 2.74. The summed E-state index contributed by atoms with van der Waals surface area (Å²) < 4.78 is 5.09. The van der Waals surface area contributed by atoms with E-state index in [0.29, 0.717) is 16.8 Å². The van der Waals surface area contributed by atoms with Crippen molar-refractivity contribution in [2.75, 3.05) is 29.4 Å². The number of benzene rings is 4. The molecule has 0 heterocycles. The molecule has 152 valence electrons. The Kier molecular flexibility index (Phi) is 5.56. The zero-order chi connectivity index (χ0) is 21.1. The van der Waals surface area contributed by atoms with E-state index >= 15 is 0 Å². The molecule has 0 radical (unpaired) electrons. The number of rotatable bonds is 6. The summed E-state index contributed by atoms with van der Waals surface area (Å²) in [5.41, 5.74) is 23.1. The molecule has 0 unspecified atom stereocenters. The summed E-state index contributed by atoms with van der Waals surface area (Å²) in [5.74, 6) is 0.127. The van der Waals surface area contributed by atoms with E-state index in [1.807, 2.05) is 60.7 Å². The fourth-order valence-corrected chi connectivity index (χ4v) is 3.80. The third-order valence-corrected chi connectivity index (χ3v) is 5.34. The smallest absolute Gasteiger partial charge is 0.126 e. The third-order valence-electron chi connectivity index (χ3n) is 4.74. The molecule has 0 saturated heterocycles. The number of phenolic OH excluding ortho intramolecular Hbond substituents is 1. The summed E-state index contributed by atoms with van der Waals surface area (Å²) in [6.45, 7) is 0. The molecule has 0 amide bonds. The number of aromatic hydroxyl groups is 1. The first-order valence-electron chi connectivity index (χ1n) is 9.29. The van der Waals surface area contributed by atoms with E-state index < -0.39 is 0 Å². The van der Waals surface area contributed by atoms with E-state index in [-0.39, 0.29) is 5.75 Å². The van der Waals surface area contributed by atoms with Gasteiger partial charge in [0.25, 0.3) is 0 Å². The molecule has 0 saturated carbocycles. The van der Waals surface area contributed by atoms with Gasteiger partial charge in [0.05, 0.1) is 29.6 Å². The first-order valence-corrected chi connectivity index (χ1v) is 10.0. The second-order valence-corrected chi connectivity index (χ2v) is 7.74.